The van der Waals surface area contributed by atoms with Crippen molar-refractivity contribution >= 4 is 28.8 Å². The number of nitrogens with one attached hydrogen (secondary N) is 1. The van der Waals surface area contributed by atoms with E-state index in [4.69, 9.17) is 16.3 Å². The molecule has 0 spiro atoms. The monoisotopic (exact) mass is 336 g/mol. The van der Waals surface area contributed by atoms with E-state index in [-0.39, 0.29) is 11.9 Å². The van der Waals surface area contributed by atoms with E-state index in [1.807, 2.05) is 29.2 Å². The molecular weight excluding hydrogens is 320 g/mol. The van der Waals surface area contributed by atoms with Gasteiger partial charge in [0.15, 0.2) is 0 Å². The topological polar surface area (TPSA) is 41.6 Å². The van der Waals surface area contributed by atoms with Gasteiger partial charge in [0.1, 0.15) is 5.75 Å². The average molecular weight is 337 g/mol. The standard InChI is InChI=1S/C16H17ClN2O2S/c1-21-13-5-3-2-4-11(13)12-10-18-8-9-19(12)16(20)14-6-7-15(17)22-14/h2-7,12,18H,8-10H2,1H3. The predicted octanol–water partition coefficient (Wildman–Crippen LogP) is 3.20. The molecule has 0 saturated carbocycles. The van der Waals surface area contributed by atoms with Crippen molar-refractivity contribution in [2.45, 2.75) is 6.04 Å². The summed E-state index contributed by atoms with van der Waals surface area (Å²) < 4.78 is 6.08. The number of para-hydroxylation sites is 1. The van der Waals surface area contributed by atoms with Gasteiger partial charge in [-0.1, -0.05) is 29.8 Å². The highest BCUT2D eigenvalue weighted by Gasteiger charge is 2.30. The van der Waals surface area contributed by atoms with Crippen LogP contribution >= 0.6 is 22.9 Å². The van der Waals surface area contributed by atoms with Crippen LogP contribution in [0.25, 0.3) is 0 Å². The van der Waals surface area contributed by atoms with Gasteiger partial charge in [0, 0.05) is 25.2 Å². The van der Waals surface area contributed by atoms with Crippen LogP contribution in [0, 0.1) is 0 Å². The van der Waals surface area contributed by atoms with Gasteiger partial charge in [0.25, 0.3) is 5.91 Å². The summed E-state index contributed by atoms with van der Waals surface area (Å²) in [5.41, 5.74) is 1.02. The fraction of sp³-hybridized carbons (Fsp3) is 0.312. The summed E-state index contributed by atoms with van der Waals surface area (Å²) in [5, 5.41) is 3.35. The molecule has 1 fully saturated rings. The lowest BCUT2D eigenvalue weighted by Gasteiger charge is -2.36. The molecule has 2 aromatic rings. The Morgan fingerprint density at radius 2 is 2.18 bits per heavy atom. The third-order valence-electron chi connectivity index (χ3n) is 3.79. The van der Waals surface area contributed by atoms with Crippen molar-refractivity contribution in [3.05, 3.63) is 51.2 Å². The maximum absolute atomic E-state index is 12.8. The quantitative estimate of drug-likeness (QED) is 0.936. The van der Waals surface area contributed by atoms with E-state index in [1.165, 1.54) is 11.3 Å². The fourth-order valence-corrected chi connectivity index (χ4v) is 3.74. The van der Waals surface area contributed by atoms with Crippen molar-refractivity contribution in [1.82, 2.24) is 10.2 Å². The molecule has 1 N–H and O–H groups in total. The van der Waals surface area contributed by atoms with Crippen LogP contribution in [0.2, 0.25) is 4.34 Å². The number of carbonyl (C=O) groups is 1. The summed E-state index contributed by atoms with van der Waals surface area (Å²) in [6, 6.07) is 11.3. The number of methoxy groups -OCH3 is 1. The Morgan fingerprint density at radius 1 is 1.36 bits per heavy atom. The van der Waals surface area contributed by atoms with Gasteiger partial charge >= 0.3 is 0 Å². The van der Waals surface area contributed by atoms with Crippen molar-refractivity contribution in [3.63, 3.8) is 0 Å². The fourth-order valence-electron chi connectivity index (χ4n) is 2.74. The zero-order chi connectivity index (χ0) is 15.5. The molecule has 1 aromatic heterocycles. The number of carbonyl (C=O) groups excluding carboxylic acids is 1. The van der Waals surface area contributed by atoms with Crippen LogP contribution < -0.4 is 10.1 Å². The number of hydrogen-bond acceptors (Lipinski definition) is 4. The van der Waals surface area contributed by atoms with Crippen molar-refractivity contribution in [3.8, 4) is 5.75 Å². The molecule has 2 heterocycles. The molecule has 1 aromatic carbocycles. The van der Waals surface area contributed by atoms with Crippen LogP contribution in [-0.4, -0.2) is 37.6 Å². The van der Waals surface area contributed by atoms with Crippen molar-refractivity contribution in [2.75, 3.05) is 26.7 Å². The lowest BCUT2D eigenvalue weighted by atomic mass is 10.0. The minimum absolute atomic E-state index is 0.0225. The molecule has 1 aliphatic rings. The molecule has 1 atom stereocenters. The first-order chi connectivity index (χ1) is 10.7. The highest BCUT2D eigenvalue weighted by atomic mass is 35.5. The van der Waals surface area contributed by atoms with Crippen LogP contribution in [0.1, 0.15) is 21.3 Å². The van der Waals surface area contributed by atoms with E-state index in [2.05, 4.69) is 5.32 Å². The second-order valence-electron chi connectivity index (χ2n) is 5.06. The minimum atomic E-state index is -0.0433. The highest BCUT2D eigenvalue weighted by molar-refractivity contribution is 7.17. The van der Waals surface area contributed by atoms with Crippen LogP contribution in [0.5, 0.6) is 5.75 Å². The predicted molar refractivity (Wildman–Crippen MR) is 89.0 cm³/mol. The maximum Gasteiger partial charge on any atom is 0.264 e. The van der Waals surface area contributed by atoms with Gasteiger partial charge in [0.2, 0.25) is 0 Å². The van der Waals surface area contributed by atoms with E-state index < -0.39 is 0 Å². The summed E-state index contributed by atoms with van der Waals surface area (Å²) in [5.74, 6) is 0.826. The Hall–Kier alpha value is -1.56. The van der Waals surface area contributed by atoms with Gasteiger partial charge in [0.05, 0.1) is 22.4 Å². The van der Waals surface area contributed by atoms with E-state index >= 15 is 0 Å². The van der Waals surface area contributed by atoms with E-state index in [0.717, 1.165) is 17.9 Å². The third kappa shape index (κ3) is 2.97. The number of nitrogens with zero attached hydrogens (tertiary/aromatic N) is 1. The second kappa shape index (κ2) is 6.69. The first-order valence-corrected chi connectivity index (χ1v) is 8.30. The number of benzene rings is 1. The molecule has 1 aliphatic heterocycles. The van der Waals surface area contributed by atoms with Gasteiger partial charge in [-0.25, -0.2) is 0 Å². The molecule has 1 saturated heterocycles. The second-order valence-corrected chi connectivity index (χ2v) is 6.78. The third-order valence-corrected chi connectivity index (χ3v) is 5.01. The molecule has 0 radical (unpaired) electrons. The molecular formula is C16H17ClN2O2S. The average Bonchev–Trinajstić information content (AvgIpc) is 3.00. The highest BCUT2D eigenvalue weighted by Crippen LogP contribution is 2.32. The summed E-state index contributed by atoms with van der Waals surface area (Å²) in [6.07, 6.45) is 0. The molecule has 6 heteroatoms. The van der Waals surface area contributed by atoms with Crippen molar-refractivity contribution < 1.29 is 9.53 Å². The lowest BCUT2D eigenvalue weighted by molar-refractivity contribution is 0.0636. The van der Waals surface area contributed by atoms with Crippen molar-refractivity contribution in [2.24, 2.45) is 0 Å². The Kier molecular flexibility index (Phi) is 4.66. The molecule has 4 nitrogen and oxygen atoms in total. The summed E-state index contributed by atoms with van der Waals surface area (Å²) in [7, 11) is 1.65. The Labute approximate surface area is 138 Å². The van der Waals surface area contributed by atoms with Crippen LogP contribution in [-0.2, 0) is 0 Å². The number of ether oxygens (including phenoxy) is 1. The van der Waals surface area contributed by atoms with Crippen LogP contribution in [0.3, 0.4) is 0 Å². The van der Waals surface area contributed by atoms with Crippen LogP contribution in [0.15, 0.2) is 36.4 Å². The number of hydrogen-bond donors (Lipinski definition) is 1. The molecule has 1 unspecified atom stereocenters. The molecule has 0 aliphatic carbocycles. The lowest BCUT2D eigenvalue weighted by Crippen LogP contribution is -2.48. The molecule has 1 amide bonds. The largest absolute Gasteiger partial charge is 0.496 e. The summed E-state index contributed by atoms with van der Waals surface area (Å²) in [6.45, 7) is 2.17. The number of rotatable bonds is 3. The summed E-state index contributed by atoms with van der Waals surface area (Å²) >= 11 is 7.28. The zero-order valence-electron chi connectivity index (χ0n) is 12.2. The SMILES string of the molecule is COc1ccccc1C1CNCCN1C(=O)c1ccc(Cl)s1. The van der Waals surface area contributed by atoms with Gasteiger partial charge in [-0.3, -0.25) is 4.79 Å². The Balaban J connectivity index is 1.93. The first kappa shape index (κ1) is 15.3. The van der Waals surface area contributed by atoms with Crippen LogP contribution in [0.4, 0.5) is 0 Å². The minimum Gasteiger partial charge on any atom is -0.496 e. The van der Waals surface area contributed by atoms with Gasteiger partial charge in [-0.05, 0) is 18.2 Å². The Bertz CT molecular complexity index is 674. The molecule has 0 bridgehead atoms. The van der Waals surface area contributed by atoms with E-state index in [1.54, 1.807) is 19.2 Å². The first-order valence-electron chi connectivity index (χ1n) is 7.10. The van der Waals surface area contributed by atoms with Crippen molar-refractivity contribution in [1.29, 1.82) is 0 Å². The Morgan fingerprint density at radius 3 is 2.91 bits per heavy atom. The zero-order valence-corrected chi connectivity index (χ0v) is 13.8. The number of amides is 1. The summed E-state index contributed by atoms with van der Waals surface area (Å²) in [4.78, 5) is 15.4. The van der Waals surface area contributed by atoms with Gasteiger partial charge in [-0.15, -0.1) is 11.3 Å². The smallest absolute Gasteiger partial charge is 0.264 e. The number of halogens is 1. The van der Waals surface area contributed by atoms with Gasteiger partial charge < -0.3 is 15.0 Å². The number of thiophene rings is 1. The normalized spacial score (nSPS) is 18.3. The van der Waals surface area contributed by atoms with E-state index in [9.17, 15) is 4.79 Å². The molecule has 22 heavy (non-hydrogen) atoms. The molecule has 3 rings (SSSR count). The molecule has 116 valence electrons. The number of piperazine rings is 1. The maximum atomic E-state index is 12.8. The van der Waals surface area contributed by atoms with E-state index in [0.29, 0.717) is 22.3 Å². The van der Waals surface area contributed by atoms with Gasteiger partial charge in [-0.2, -0.15) is 0 Å².